The van der Waals surface area contributed by atoms with Crippen LogP contribution in [0.25, 0.3) is 10.9 Å². The van der Waals surface area contributed by atoms with Crippen LogP contribution in [0.15, 0.2) is 37.2 Å². The number of aryl methyl sites for hydroxylation is 1. The van der Waals surface area contributed by atoms with E-state index >= 15 is 0 Å². The Labute approximate surface area is 128 Å². The summed E-state index contributed by atoms with van der Waals surface area (Å²) >= 11 is 0. The van der Waals surface area contributed by atoms with Crippen LogP contribution in [0.4, 0.5) is 11.5 Å². The van der Waals surface area contributed by atoms with Gasteiger partial charge in [0.15, 0.2) is 0 Å². The number of fused-ring (bicyclic) bond motifs is 1. The van der Waals surface area contributed by atoms with Gasteiger partial charge in [-0.05, 0) is 18.6 Å². The number of benzene rings is 1. The zero-order valence-electron chi connectivity index (χ0n) is 12.4. The summed E-state index contributed by atoms with van der Waals surface area (Å²) in [5, 5.41) is 4.17. The fourth-order valence-corrected chi connectivity index (χ4v) is 2.31. The number of methoxy groups -OCH3 is 1. The summed E-state index contributed by atoms with van der Waals surface area (Å²) in [5.74, 6) is 1.19. The molecule has 0 saturated heterocycles. The van der Waals surface area contributed by atoms with Gasteiger partial charge >= 0.3 is 0 Å². The molecule has 2 aromatic heterocycles. The van der Waals surface area contributed by atoms with E-state index in [2.05, 4.69) is 20.3 Å². The van der Waals surface area contributed by atoms with E-state index in [0.29, 0.717) is 5.82 Å². The number of anilines is 2. The molecule has 0 spiro atoms. The third kappa shape index (κ3) is 2.93. The number of aromatic nitrogens is 4. The van der Waals surface area contributed by atoms with E-state index in [0.717, 1.165) is 41.9 Å². The Morgan fingerprint density at radius 2 is 2.23 bits per heavy atom. The minimum atomic E-state index is 0.454. The van der Waals surface area contributed by atoms with Gasteiger partial charge in [0.2, 0.25) is 0 Å². The predicted octanol–water partition coefficient (Wildman–Crippen LogP) is 1.92. The van der Waals surface area contributed by atoms with Gasteiger partial charge in [0.25, 0.3) is 0 Å². The van der Waals surface area contributed by atoms with Crippen molar-refractivity contribution in [3.8, 4) is 5.75 Å². The van der Waals surface area contributed by atoms with E-state index in [1.165, 1.54) is 6.33 Å². The Morgan fingerprint density at radius 1 is 1.32 bits per heavy atom. The molecule has 0 saturated carbocycles. The number of ether oxygens (including phenoxy) is 1. The van der Waals surface area contributed by atoms with Crippen LogP contribution < -0.4 is 15.8 Å². The van der Waals surface area contributed by atoms with Crippen LogP contribution >= 0.6 is 0 Å². The molecule has 3 aromatic rings. The maximum Gasteiger partial charge on any atom is 0.142 e. The van der Waals surface area contributed by atoms with Crippen LogP contribution in [0.1, 0.15) is 6.42 Å². The molecule has 3 N–H and O–H groups in total. The van der Waals surface area contributed by atoms with Crippen molar-refractivity contribution in [2.75, 3.05) is 24.7 Å². The molecule has 0 aliphatic rings. The molecular formula is C15H18N6O. The molecule has 0 atom stereocenters. The summed E-state index contributed by atoms with van der Waals surface area (Å²) in [6.45, 7) is 1.73. The second-order valence-corrected chi connectivity index (χ2v) is 4.91. The highest BCUT2D eigenvalue weighted by atomic mass is 16.5. The predicted molar refractivity (Wildman–Crippen MR) is 85.8 cm³/mol. The normalized spacial score (nSPS) is 10.8. The Morgan fingerprint density at radius 3 is 3.00 bits per heavy atom. The maximum absolute atomic E-state index is 5.87. The Hall–Kier alpha value is -2.83. The second-order valence-electron chi connectivity index (χ2n) is 4.91. The molecule has 114 valence electrons. The van der Waals surface area contributed by atoms with Gasteiger partial charge in [-0.2, -0.15) is 0 Å². The minimum Gasteiger partial charge on any atom is -0.495 e. The zero-order chi connectivity index (χ0) is 15.4. The topological polar surface area (TPSA) is 90.9 Å². The van der Waals surface area contributed by atoms with Gasteiger partial charge in [-0.1, -0.05) is 0 Å². The molecule has 7 nitrogen and oxygen atoms in total. The van der Waals surface area contributed by atoms with E-state index in [1.807, 2.05) is 29.2 Å². The van der Waals surface area contributed by atoms with Crippen molar-refractivity contribution in [2.24, 2.45) is 0 Å². The number of hydrogen-bond donors (Lipinski definition) is 2. The number of nitrogens with zero attached hydrogens (tertiary/aromatic N) is 4. The summed E-state index contributed by atoms with van der Waals surface area (Å²) in [7, 11) is 1.64. The third-order valence-electron chi connectivity index (χ3n) is 3.46. The van der Waals surface area contributed by atoms with Gasteiger partial charge in [0.05, 0.1) is 24.6 Å². The van der Waals surface area contributed by atoms with Crippen molar-refractivity contribution in [1.82, 2.24) is 19.5 Å². The molecule has 0 radical (unpaired) electrons. The van der Waals surface area contributed by atoms with Crippen molar-refractivity contribution >= 4 is 22.4 Å². The van der Waals surface area contributed by atoms with Crippen molar-refractivity contribution in [1.29, 1.82) is 0 Å². The molecule has 0 amide bonds. The van der Waals surface area contributed by atoms with Gasteiger partial charge in [0, 0.05) is 30.9 Å². The smallest absolute Gasteiger partial charge is 0.142 e. The number of imidazole rings is 1. The van der Waals surface area contributed by atoms with E-state index in [4.69, 9.17) is 10.5 Å². The molecule has 22 heavy (non-hydrogen) atoms. The first-order valence-electron chi connectivity index (χ1n) is 7.06. The first-order chi connectivity index (χ1) is 10.8. The molecule has 0 aliphatic carbocycles. The fraction of sp³-hybridized carbons (Fsp3) is 0.267. The van der Waals surface area contributed by atoms with Gasteiger partial charge < -0.3 is 20.4 Å². The van der Waals surface area contributed by atoms with Crippen LogP contribution in [0.3, 0.4) is 0 Å². The lowest BCUT2D eigenvalue weighted by molar-refractivity contribution is 0.417. The lowest BCUT2D eigenvalue weighted by atomic mass is 10.2. The molecular weight excluding hydrogens is 280 g/mol. The van der Waals surface area contributed by atoms with Crippen LogP contribution in [0.2, 0.25) is 0 Å². The molecule has 7 heteroatoms. The molecule has 3 rings (SSSR count). The number of nitrogen functional groups attached to an aromatic ring is 1. The van der Waals surface area contributed by atoms with E-state index < -0.39 is 0 Å². The molecule has 0 bridgehead atoms. The average Bonchev–Trinajstić information content (AvgIpc) is 3.04. The Bertz CT molecular complexity index is 756. The Kier molecular flexibility index (Phi) is 4.04. The summed E-state index contributed by atoms with van der Waals surface area (Å²) in [6, 6.07) is 3.80. The quantitative estimate of drug-likeness (QED) is 0.676. The van der Waals surface area contributed by atoms with Gasteiger partial charge in [-0.3, -0.25) is 0 Å². The average molecular weight is 298 g/mol. The summed E-state index contributed by atoms with van der Waals surface area (Å²) in [5.41, 5.74) is 7.57. The van der Waals surface area contributed by atoms with Gasteiger partial charge in [-0.25, -0.2) is 15.0 Å². The maximum atomic E-state index is 5.87. The third-order valence-corrected chi connectivity index (χ3v) is 3.46. The first-order valence-corrected chi connectivity index (χ1v) is 7.06. The number of nitrogens with one attached hydrogen (secondary N) is 1. The lowest BCUT2D eigenvalue weighted by Gasteiger charge is -2.13. The number of hydrogen-bond acceptors (Lipinski definition) is 6. The summed E-state index contributed by atoms with van der Waals surface area (Å²) < 4.78 is 7.47. The van der Waals surface area contributed by atoms with E-state index in [-0.39, 0.29) is 0 Å². The molecule has 0 unspecified atom stereocenters. The van der Waals surface area contributed by atoms with Crippen LogP contribution in [-0.4, -0.2) is 33.2 Å². The highest BCUT2D eigenvalue weighted by Crippen LogP contribution is 2.31. The standard InChI is InChI=1S/C15H18N6O/c1-22-14-7-11-12(19-9-20-15(11)16)8-13(14)18-3-2-5-21-6-4-17-10-21/h4,6-10,18H,2-3,5H2,1H3,(H2,16,19,20). The summed E-state index contributed by atoms with van der Waals surface area (Å²) in [4.78, 5) is 12.3. The van der Waals surface area contributed by atoms with Crippen LogP contribution in [-0.2, 0) is 6.54 Å². The van der Waals surface area contributed by atoms with Crippen molar-refractivity contribution in [3.05, 3.63) is 37.2 Å². The lowest BCUT2D eigenvalue weighted by Crippen LogP contribution is -2.07. The van der Waals surface area contributed by atoms with E-state index in [1.54, 1.807) is 13.3 Å². The Balaban J connectivity index is 1.72. The second kappa shape index (κ2) is 6.30. The van der Waals surface area contributed by atoms with Gasteiger partial charge in [-0.15, -0.1) is 0 Å². The number of nitrogens with two attached hydrogens (primary N) is 1. The van der Waals surface area contributed by atoms with Crippen LogP contribution in [0.5, 0.6) is 5.75 Å². The van der Waals surface area contributed by atoms with Crippen molar-refractivity contribution in [2.45, 2.75) is 13.0 Å². The molecule has 1 aromatic carbocycles. The fourth-order valence-electron chi connectivity index (χ4n) is 2.31. The van der Waals surface area contributed by atoms with Crippen molar-refractivity contribution in [3.63, 3.8) is 0 Å². The SMILES string of the molecule is COc1cc2c(N)ncnc2cc1NCCCn1ccnc1. The minimum absolute atomic E-state index is 0.454. The molecule has 0 aliphatic heterocycles. The number of rotatable bonds is 6. The monoisotopic (exact) mass is 298 g/mol. The first kappa shape index (κ1) is 14.1. The van der Waals surface area contributed by atoms with Crippen LogP contribution in [0, 0.1) is 0 Å². The van der Waals surface area contributed by atoms with Crippen molar-refractivity contribution < 1.29 is 4.74 Å². The highest BCUT2D eigenvalue weighted by molar-refractivity contribution is 5.92. The molecule has 2 heterocycles. The highest BCUT2D eigenvalue weighted by Gasteiger charge is 2.08. The summed E-state index contributed by atoms with van der Waals surface area (Å²) in [6.07, 6.45) is 7.99. The molecule has 0 fully saturated rings. The van der Waals surface area contributed by atoms with E-state index in [9.17, 15) is 0 Å². The zero-order valence-corrected chi connectivity index (χ0v) is 12.4. The largest absolute Gasteiger partial charge is 0.495 e. The van der Waals surface area contributed by atoms with Gasteiger partial charge in [0.1, 0.15) is 17.9 Å².